The molecule has 6 heteroatoms. The molecule has 0 unspecified atom stereocenters. The van der Waals surface area contributed by atoms with E-state index in [1.165, 1.54) is 6.42 Å². The SMILES string of the molecule is CO[C@@H]1CCC[C@@]12CCCN(C(=O)Cc1cc3c(cc1Cl)OCCO3)C2. The van der Waals surface area contributed by atoms with Crippen LogP contribution in [0.1, 0.15) is 37.7 Å². The number of nitrogens with zero attached hydrogens (tertiary/aromatic N) is 1. The third-order valence-corrected chi connectivity index (χ3v) is 6.47. The molecule has 2 fully saturated rings. The van der Waals surface area contributed by atoms with Gasteiger partial charge in [0.25, 0.3) is 0 Å². The predicted molar refractivity (Wildman–Crippen MR) is 99.0 cm³/mol. The minimum atomic E-state index is 0.129. The van der Waals surface area contributed by atoms with Crippen molar-refractivity contribution in [1.82, 2.24) is 4.90 Å². The lowest BCUT2D eigenvalue weighted by Crippen LogP contribution is -2.50. The van der Waals surface area contributed by atoms with Crippen LogP contribution in [-0.2, 0) is 16.0 Å². The molecule has 1 spiro atoms. The van der Waals surface area contributed by atoms with E-state index in [2.05, 4.69) is 0 Å². The number of halogens is 1. The first-order chi connectivity index (χ1) is 12.6. The van der Waals surface area contributed by atoms with Crippen LogP contribution in [0.25, 0.3) is 0 Å². The molecule has 1 aliphatic carbocycles. The number of carbonyl (C=O) groups is 1. The lowest BCUT2D eigenvalue weighted by molar-refractivity contribution is -0.136. The van der Waals surface area contributed by atoms with Gasteiger partial charge in [-0.1, -0.05) is 18.0 Å². The Balaban J connectivity index is 1.48. The van der Waals surface area contributed by atoms with Gasteiger partial charge in [-0.2, -0.15) is 0 Å². The van der Waals surface area contributed by atoms with Gasteiger partial charge in [0.1, 0.15) is 13.2 Å². The van der Waals surface area contributed by atoms with Gasteiger partial charge in [-0.05, 0) is 37.3 Å². The third kappa shape index (κ3) is 3.27. The molecule has 1 saturated heterocycles. The number of likely N-dealkylation sites (tertiary alicyclic amines) is 1. The molecule has 2 atom stereocenters. The lowest BCUT2D eigenvalue weighted by atomic mass is 9.76. The minimum absolute atomic E-state index is 0.129. The second-order valence-corrected chi connectivity index (χ2v) is 8.07. The van der Waals surface area contributed by atoms with Crippen LogP contribution < -0.4 is 9.47 Å². The molecule has 4 rings (SSSR count). The lowest BCUT2D eigenvalue weighted by Gasteiger charge is -2.43. The molecule has 0 radical (unpaired) electrons. The standard InChI is InChI=1S/C20H26ClNO4/c1-24-18-4-2-5-20(18)6-3-7-22(13-20)19(23)11-14-10-16-17(12-15(14)21)26-9-8-25-16/h10,12,18H,2-9,11,13H2,1H3/t18-,20+/m1/s1. The number of piperidine rings is 1. The second kappa shape index (κ2) is 7.28. The fraction of sp³-hybridized carbons (Fsp3) is 0.650. The summed E-state index contributed by atoms with van der Waals surface area (Å²) in [5.74, 6) is 1.46. The van der Waals surface area contributed by atoms with E-state index in [1.807, 2.05) is 11.0 Å². The number of ether oxygens (including phenoxy) is 3. The Labute approximate surface area is 159 Å². The molecule has 142 valence electrons. The van der Waals surface area contributed by atoms with Gasteiger partial charge in [0, 0.05) is 36.7 Å². The maximum atomic E-state index is 13.0. The summed E-state index contributed by atoms with van der Waals surface area (Å²) in [5, 5.41) is 0.560. The van der Waals surface area contributed by atoms with E-state index >= 15 is 0 Å². The zero-order valence-corrected chi connectivity index (χ0v) is 16.0. The number of fused-ring (bicyclic) bond motifs is 1. The van der Waals surface area contributed by atoms with Crippen molar-refractivity contribution in [1.29, 1.82) is 0 Å². The van der Waals surface area contributed by atoms with Gasteiger partial charge < -0.3 is 19.1 Å². The van der Waals surface area contributed by atoms with Gasteiger partial charge in [-0.15, -0.1) is 0 Å². The number of rotatable bonds is 3. The molecule has 5 nitrogen and oxygen atoms in total. The van der Waals surface area contributed by atoms with Gasteiger partial charge in [-0.3, -0.25) is 4.79 Å². The maximum absolute atomic E-state index is 13.0. The van der Waals surface area contributed by atoms with Gasteiger partial charge in [0.05, 0.1) is 12.5 Å². The molecule has 3 aliphatic rings. The summed E-state index contributed by atoms with van der Waals surface area (Å²) >= 11 is 6.38. The Morgan fingerprint density at radius 3 is 2.77 bits per heavy atom. The predicted octanol–water partition coefficient (Wildman–Crippen LogP) is 3.46. The van der Waals surface area contributed by atoms with E-state index in [0.717, 1.165) is 44.3 Å². The van der Waals surface area contributed by atoms with Crippen LogP contribution in [0.4, 0.5) is 0 Å². The Hall–Kier alpha value is -1.46. The van der Waals surface area contributed by atoms with Gasteiger partial charge in [-0.25, -0.2) is 0 Å². The fourth-order valence-electron chi connectivity index (χ4n) is 4.83. The molecular formula is C20H26ClNO4. The Morgan fingerprint density at radius 2 is 2.00 bits per heavy atom. The Kier molecular flexibility index (Phi) is 5.02. The number of carbonyl (C=O) groups excluding carboxylic acids is 1. The van der Waals surface area contributed by atoms with E-state index in [-0.39, 0.29) is 17.4 Å². The number of hydrogen-bond donors (Lipinski definition) is 0. The molecular weight excluding hydrogens is 354 g/mol. The van der Waals surface area contributed by atoms with Gasteiger partial charge in [0.15, 0.2) is 11.5 Å². The molecule has 1 aromatic rings. The van der Waals surface area contributed by atoms with Gasteiger partial charge >= 0.3 is 0 Å². The van der Waals surface area contributed by atoms with Crippen molar-refractivity contribution < 1.29 is 19.0 Å². The van der Waals surface area contributed by atoms with Crippen LogP contribution in [-0.4, -0.2) is 50.3 Å². The Morgan fingerprint density at radius 1 is 1.27 bits per heavy atom. The number of hydrogen-bond acceptors (Lipinski definition) is 4. The topological polar surface area (TPSA) is 48.0 Å². The minimum Gasteiger partial charge on any atom is -0.486 e. The van der Waals surface area contributed by atoms with Crippen molar-refractivity contribution >= 4 is 17.5 Å². The Bertz CT molecular complexity index is 695. The molecule has 0 bridgehead atoms. The van der Waals surface area contributed by atoms with Crippen molar-refractivity contribution in [2.75, 3.05) is 33.4 Å². The molecule has 2 heterocycles. The quantitative estimate of drug-likeness (QED) is 0.806. The summed E-state index contributed by atoms with van der Waals surface area (Å²) in [7, 11) is 1.80. The number of amides is 1. The van der Waals surface area contributed by atoms with E-state index in [9.17, 15) is 4.79 Å². The third-order valence-electron chi connectivity index (χ3n) is 6.12. The monoisotopic (exact) mass is 379 g/mol. The van der Waals surface area contributed by atoms with Crippen molar-refractivity contribution in [2.45, 2.75) is 44.6 Å². The average Bonchev–Trinajstić information content (AvgIpc) is 3.04. The fourth-order valence-corrected chi connectivity index (χ4v) is 5.05. The summed E-state index contributed by atoms with van der Waals surface area (Å²) in [6.07, 6.45) is 6.21. The first kappa shape index (κ1) is 17.9. The molecule has 1 saturated carbocycles. The molecule has 2 aliphatic heterocycles. The van der Waals surface area contributed by atoms with Crippen molar-refractivity contribution in [2.24, 2.45) is 5.41 Å². The summed E-state index contributed by atoms with van der Waals surface area (Å²) in [5.41, 5.74) is 0.939. The summed E-state index contributed by atoms with van der Waals surface area (Å²) < 4.78 is 16.9. The second-order valence-electron chi connectivity index (χ2n) is 7.66. The van der Waals surface area contributed by atoms with Crippen LogP contribution >= 0.6 is 11.6 Å². The first-order valence-electron chi connectivity index (χ1n) is 9.50. The van der Waals surface area contributed by atoms with E-state index < -0.39 is 0 Å². The molecule has 26 heavy (non-hydrogen) atoms. The van der Waals surface area contributed by atoms with Gasteiger partial charge in [0.2, 0.25) is 5.91 Å². The summed E-state index contributed by atoms with van der Waals surface area (Å²) in [6, 6.07) is 3.61. The highest BCUT2D eigenvalue weighted by Crippen LogP contribution is 2.46. The van der Waals surface area contributed by atoms with Crippen LogP contribution in [0.15, 0.2) is 12.1 Å². The molecule has 1 aromatic carbocycles. The normalized spacial score (nSPS) is 27.8. The number of benzene rings is 1. The zero-order valence-electron chi connectivity index (χ0n) is 15.3. The van der Waals surface area contributed by atoms with Crippen LogP contribution in [0.3, 0.4) is 0 Å². The largest absolute Gasteiger partial charge is 0.486 e. The van der Waals surface area contributed by atoms with Crippen molar-refractivity contribution in [3.05, 3.63) is 22.7 Å². The average molecular weight is 380 g/mol. The molecule has 0 N–H and O–H groups in total. The van der Waals surface area contributed by atoms with E-state index in [4.69, 9.17) is 25.8 Å². The van der Waals surface area contributed by atoms with Crippen molar-refractivity contribution in [3.8, 4) is 11.5 Å². The highest BCUT2D eigenvalue weighted by Gasteiger charge is 2.46. The summed E-state index contributed by atoms with van der Waals surface area (Å²) in [4.78, 5) is 15.0. The van der Waals surface area contributed by atoms with Crippen molar-refractivity contribution in [3.63, 3.8) is 0 Å². The van der Waals surface area contributed by atoms with Crippen LogP contribution in [0.2, 0.25) is 5.02 Å². The van der Waals surface area contributed by atoms with E-state index in [1.54, 1.807) is 13.2 Å². The van der Waals surface area contributed by atoms with Crippen LogP contribution in [0, 0.1) is 5.41 Å². The first-order valence-corrected chi connectivity index (χ1v) is 9.88. The molecule has 1 amide bonds. The highest BCUT2D eigenvalue weighted by molar-refractivity contribution is 6.31. The van der Waals surface area contributed by atoms with E-state index in [0.29, 0.717) is 36.2 Å². The summed E-state index contributed by atoms with van der Waals surface area (Å²) in [6.45, 7) is 2.67. The smallest absolute Gasteiger partial charge is 0.227 e. The van der Waals surface area contributed by atoms with Crippen LogP contribution in [0.5, 0.6) is 11.5 Å². The molecule has 0 aromatic heterocycles. The highest BCUT2D eigenvalue weighted by atomic mass is 35.5. The maximum Gasteiger partial charge on any atom is 0.227 e. The zero-order chi connectivity index (χ0) is 18.1. The number of methoxy groups -OCH3 is 1.